The second-order valence-corrected chi connectivity index (χ2v) is 9.69. The number of methoxy groups -OCH3 is 1. The molecular formula is C24H32N2O2S. The van der Waals surface area contributed by atoms with Gasteiger partial charge in [0.2, 0.25) is 5.91 Å². The molecule has 2 aliphatic rings. The number of rotatable bonds is 5. The summed E-state index contributed by atoms with van der Waals surface area (Å²) in [5.41, 5.74) is 3.89. The molecule has 1 aromatic carbocycles. The number of thiazole rings is 1. The van der Waals surface area contributed by atoms with Crippen LogP contribution in [0.5, 0.6) is 5.75 Å². The molecule has 0 N–H and O–H groups in total. The highest BCUT2D eigenvalue weighted by Gasteiger charge is 2.30. The largest absolute Gasteiger partial charge is 0.497 e. The van der Waals surface area contributed by atoms with Crippen LogP contribution in [0.1, 0.15) is 85.5 Å². The van der Waals surface area contributed by atoms with E-state index in [-0.39, 0.29) is 0 Å². The van der Waals surface area contributed by atoms with Gasteiger partial charge in [-0.2, -0.15) is 0 Å². The highest BCUT2D eigenvalue weighted by Crippen LogP contribution is 2.37. The number of carbonyl (C=O) groups is 1. The number of aryl methyl sites for hydroxylation is 1. The number of ether oxygens (including phenoxy) is 1. The smallest absolute Gasteiger partial charge is 0.223 e. The van der Waals surface area contributed by atoms with Crippen molar-refractivity contribution in [3.63, 3.8) is 0 Å². The summed E-state index contributed by atoms with van der Waals surface area (Å²) in [6.07, 6.45) is 6.18. The summed E-state index contributed by atoms with van der Waals surface area (Å²) in [7, 11) is 1.71. The number of benzene rings is 1. The second kappa shape index (κ2) is 8.86. The van der Waals surface area contributed by atoms with Gasteiger partial charge >= 0.3 is 0 Å². The van der Waals surface area contributed by atoms with Gasteiger partial charge in [-0.15, -0.1) is 11.3 Å². The third-order valence-electron chi connectivity index (χ3n) is 6.46. The molecule has 4 rings (SSSR count). The van der Waals surface area contributed by atoms with E-state index in [1.807, 2.05) is 6.07 Å². The summed E-state index contributed by atoms with van der Waals surface area (Å²) < 4.78 is 5.38. The standard InChI is InChI=1S/C24H32N2O2S/c1-16(2)22-15-29-24(25-22)19-8-5-11-26(14-19)23(27)13-18-7-4-6-17-12-20(28-3)9-10-21(17)18/h9-10,12,15-16,18-19H,4-8,11,13-14H2,1-3H3/t18-,19-/m1/s1. The molecule has 29 heavy (non-hydrogen) atoms. The van der Waals surface area contributed by atoms with E-state index in [0.29, 0.717) is 30.1 Å². The van der Waals surface area contributed by atoms with Gasteiger partial charge in [0.25, 0.3) is 0 Å². The van der Waals surface area contributed by atoms with Crippen molar-refractivity contribution in [1.29, 1.82) is 0 Å². The first-order chi connectivity index (χ1) is 14.0. The van der Waals surface area contributed by atoms with Gasteiger partial charge in [0, 0.05) is 30.8 Å². The number of fused-ring (bicyclic) bond motifs is 1. The number of piperidine rings is 1. The van der Waals surface area contributed by atoms with Crippen molar-refractivity contribution >= 4 is 17.2 Å². The molecule has 1 aliphatic carbocycles. The maximum Gasteiger partial charge on any atom is 0.223 e. The number of hydrogen-bond acceptors (Lipinski definition) is 4. The van der Waals surface area contributed by atoms with E-state index in [2.05, 4.69) is 36.3 Å². The molecule has 4 nitrogen and oxygen atoms in total. The molecule has 1 fully saturated rings. The summed E-state index contributed by atoms with van der Waals surface area (Å²) in [5, 5.41) is 3.40. The molecule has 5 heteroatoms. The highest BCUT2D eigenvalue weighted by molar-refractivity contribution is 7.09. The molecule has 156 valence electrons. The molecule has 1 amide bonds. The van der Waals surface area contributed by atoms with Crippen molar-refractivity contribution in [3.05, 3.63) is 45.4 Å². The summed E-state index contributed by atoms with van der Waals surface area (Å²) in [5.74, 6) is 2.42. The first kappa shape index (κ1) is 20.4. The van der Waals surface area contributed by atoms with Crippen molar-refractivity contribution in [3.8, 4) is 5.75 Å². The number of hydrogen-bond donors (Lipinski definition) is 0. The van der Waals surface area contributed by atoms with Crippen LogP contribution in [-0.2, 0) is 11.2 Å². The van der Waals surface area contributed by atoms with Crippen LogP contribution in [0, 0.1) is 0 Å². The molecule has 2 atom stereocenters. The van der Waals surface area contributed by atoms with Gasteiger partial charge in [0.05, 0.1) is 17.8 Å². The molecular weight excluding hydrogens is 380 g/mol. The number of carbonyl (C=O) groups excluding carboxylic acids is 1. The molecule has 0 unspecified atom stereocenters. The molecule has 2 aromatic rings. The fourth-order valence-corrected chi connectivity index (χ4v) is 5.84. The van der Waals surface area contributed by atoms with Crippen LogP contribution in [0.3, 0.4) is 0 Å². The van der Waals surface area contributed by atoms with Crippen LogP contribution in [-0.4, -0.2) is 36.0 Å². The predicted octanol–water partition coefficient (Wildman–Crippen LogP) is 5.49. The van der Waals surface area contributed by atoms with Gasteiger partial charge in [-0.1, -0.05) is 19.9 Å². The van der Waals surface area contributed by atoms with Gasteiger partial charge in [0.1, 0.15) is 5.75 Å². The van der Waals surface area contributed by atoms with Gasteiger partial charge in [-0.05, 0) is 67.2 Å². The minimum Gasteiger partial charge on any atom is -0.497 e. The van der Waals surface area contributed by atoms with Crippen LogP contribution in [0.2, 0.25) is 0 Å². The van der Waals surface area contributed by atoms with E-state index in [1.54, 1.807) is 18.4 Å². The quantitative estimate of drug-likeness (QED) is 0.652. The fourth-order valence-electron chi connectivity index (χ4n) is 4.73. The van der Waals surface area contributed by atoms with E-state index in [9.17, 15) is 4.79 Å². The van der Waals surface area contributed by atoms with Crippen molar-refractivity contribution in [2.24, 2.45) is 0 Å². The third kappa shape index (κ3) is 4.50. The normalized spacial score (nSPS) is 21.9. The number of likely N-dealkylation sites (tertiary alicyclic amines) is 1. The molecule has 0 radical (unpaired) electrons. The Labute approximate surface area is 178 Å². The Hall–Kier alpha value is -1.88. The second-order valence-electron chi connectivity index (χ2n) is 8.80. The first-order valence-electron chi connectivity index (χ1n) is 10.9. The summed E-state index contributed by atoms with van der Waals surface area (Å²) in [4.78, 5) is 20.1. The molecule has 1 aromatic heterocycles. The fraction of sp³-hybridized carbons (Fsp3) is 0.583. The summed E-state index contributed by atoms with van der Waals surface area (Å²) in [6, 6.07) is 6.36. The molecule has 0 saturated carbocycles. The summed E-state index contributed by atoms with van der Waals surface area (Å²) in [6.45, 7) is 6.09. The highest BCUT2D eigenvalue weighted by atomic mass is 32.1. The zero-order valence-electron chi connectivity index (χ0n) is 17.8. The van der Waals surface area contributed by atoms with E-state index < -0.39 is 0 Å². The third-order valence-corrected chi connectivity index (χ3v) is 7.49. The SMILES string of the molecule is COc1ccc2c(c1)CCC[C@@H]2CC(=O)N1CCC[C@@H](c2nc(C(C)C)cs2)C1. The zero-order chi connectivity index (χ0) is 20.4. The van der Waals surface area contributed by atoms with Crippen LogP contribution in [0.4, 0.5) is 0 Å². The van der Waals surface area contributed by atoms with Crippen LogP contribution >= 0.6 is 11.3 Å². The minimum atomic E-state index is 0.309. The molecule has 0 spiro atoms. The Morgan fingerprint density at radius 2 is 2.17 bits per heavy atom. The van der Waals surface area contributed by atoms with E-state index in [0.717, 1.165) is 50.9 Å². The van der Waals surface area contributed by atoms with Crippen LogP contribution < -0.4 is 4.74 Å². The van der Waals surface area contributed by atoms with Crippen molar-refractivity contribution in [2.75, 3.05) is 20.2 Å². The lowest BCUT2D eigenvalue weighted by Crippen LogP contribution is -2.39. The predicted molar refractivity (Wildman–Crippen MR) is 118 cm³/mol. The van der Waals surface area contributed by atoms with Crippen molar-refractivity contribution in [1.82, 2.24) is 9.88 Å². The Balaban J connectivity index is 1.42. The zero-order valence-corrected chi connectivity index (χ0v) is 18.6. The Morgan fingerprint density at radius 3 is 2.93 bits per heavy atom. The molecule has 2 heterocycles. The van der Waals surface area contributed by atoms with Crippen molar-refractivity contribution in [2.45, 2.75) is 70.1 Å². The van der Waals surface area contributed by atoms with E-state index in [4.69, 9.17) is 9.72 Å². The van der Waals surface area contributed by atoms with E-state index in [1.165, 1.54) is 21.8 Å². The molecule has 1 saturated heterocycles. The number of amides is 1. The van der Waals surface area contributed by atoms with Crippen molar-refractivity contribution < 1.29 is 9.53 Å². The van der Waals surface area contributed by atoms with Gasteiger partial charge in [-0.25, -0.2) is 4.98 Å². The maximum absolute atomic E-state index is 13.2. The van der Waals surface area contributed by atoms with Crippen LogP contribution in [0.15, 0.2) is 23.6 Å². The lowest BCUT2D eigenvalue weighted by atomic mass is 9.80. The average Bonchev–Trinajstić information content (AvgIpc) is 3.24. The monoisotopic (exact) mass is 412 g/mol. The van der Waals surface area contributed by atoms with Gasteiger partial charge in [-0.3, -0.25) is 4.79 Å². The number of aromatic nitrogens is 1. The lowest BCUT2D eigenvalue weighted by Gasteiger charge is -2.34. The Kier molecular flexibility index (Phi) is 6.23. The topological polar surface area (TPSA) is 42.4 Å². The Bertz CT molecular complexity index is 860. The van der Waals surface area contributed by atoms with E-state index >= 15 is 0 Å². The van der Waals surface area contributed by atoms with Gasteiger partial charge < -0.3 is 9.64 Å². The average molecular weight is 413 g/mol. The Morgan fingerprint density at radius 1 is 1.31 bits per heavy atom. The molecule has 0 bridgehead atoms. The lowest BCUT2D eigenvalue weighted by molar-refractivity contribution is -0.132. The summed E-state index contributed by atoms with van der Waals surface area (Å²) >= 11 is 1.77. The number of nitrogens with zero attached hydrogens (tertiary/aromatic N) is 2. The van der Waals surface area contributed by atoms with Crippen LogP contribution in [0.25, 0.3) is 0 Å². The van der Waals surface area contributed by atoms with Gasteiger partial charge in [0.15, 0.2) is 0 Å². The molecule has 1 aliphatic heterocycles. The maximum atomic E-state index is 13.2. The minimum absolute atomic E-state index is 0.309. The first-order valence-corrected chi connectivity index (χ1v) is 11.8.